The topological polar surface area (TPSA) is 91.5 Å². The van der Waals surface area contributed by atoms with Crippen molar-refractivity contribution in [2.45, 2.75) is 20.3 Å². The van der Waals surface area contributed by atoms with Crippen molar-refractivity contribution in [3.63, 3.8) is 0 Å². The Morgan fingerprint density at radius 1 is 0.789 bits per heavy atom. The SMILES string of the molecule is Cc1onc(-c2ccccc2)c1Cc1cc2ccc(OCC(=O)c3c(-c4ccccc4)noc3C)cc2o1. The average molecular weight is 505 g/mol. The van der Waals surface area contributed by atoms with E-state index in [0.29, 0.717) is 34.8 Å². The molecule has 0 atom stereocenters. The maximum atomic E-state index is 13.1. The molecule has 0 aliphatic carbocycles. The molecular weight excluding hydrogens is 480 g/mol. The number of aromatic nitrogens is 2. The molecule has 0 unspecified atom stereocenters. The zero-order chi connectivity index (χ0) is 26.1. The maximum absolute atomic E-state index is 13.1. The van der Waals surface area contributed by atoms with Crippen LogP contribution in [0.4, 0.5) is 0 Å². The summed E-state index contributed by atoms with van der Waals surface area (Å²) in [5.74, 6) is 2.32. The largest absolute Gasteiger partial charge is 0.485 e. The van der Waals surface area contributed by atoms with Gasteiger partial charge in [0.05, 0.1) is 5.56 Å². The second kappa shape index (κ2) is 9.86. The third kappa shape index (κ3) is 4.50. The molecule has 0 fully saturated rings. The molecule has 0 amide bonds. The van der Waals surface area contributed by atoms with Gasteiger partial charge in [0, 0.05) is 34.6 Å². The van der Waals surface area contributed by atoms with Crippen LogP contribution in [-0.4, -0.2) is 22.7 Å². The summed E-state index contributed by atoms with van der Waals surface area (Å²) in [6.07, 6.45) is 0.540. The van der Waals surface area contributed by atoms with Gasteiger partial charge in [-0.2, -0.15) is 0 Å². The fourth-order valence-corrected chi connectivity index (χ4v) is 4.55. The highest BCUT2D eigenvalue weighted by atomic mass is 16.5. The van der Waals surface area contributed by atoms with E-state index in [1.807, 2.05) is 85.8 Å². The Labute approximate surface area is 218 Å². The summed E-state index contributed by atoms with van der Waals surface area (Å²) in [4.78, 5) is 13.1. The smallest absolute Gasteiger partial charge is 0.206 e. The highest BCUT2D eigenvalue weighted by Gasteiger charge is 2.22. The molecule has 7 heteroatoms. The third-order valence-corrected chi connectivity index (χ3v) is 6.48. The molecular formula is C31H24N2O5. The molecule has 0 radical (unpaired) electrons. The fourth-order valence-electron chi connectivity index (χ4n) is 4.55. The normalized spacial score (nSPS) is 11.2. The second-order valence-corrected chi connectivity index (χ2v) is 9.06. The summed E-state index contributed by atoms with van der Waals surface area (Å²) >= 11 is 0. The number of ether oxygens (including phenoxy) is 1. The molecule has 188 valence electrons. The number of furan rings is 1. The standard InChI is InChI=1S/C31H24N2O5/c1-19-26(30(32-37-19)21-9-5-3-6-10-21)16-25-15-23-13-14-24(17-28(23)36-25)35-18-27(34)29-20(2)38-33-31(29)22-11-7-4-8-12-22/h3-15,17H,16,18H2,1-2H3. The van der Waals surface area contributed by atoms with E-state index in [9.17, 15) is 4.79 Å². The first kappa shape index (κ1) is 23.5. The second-order valence-electron chi connectivity index (χ2n) is 9.06. The van der Waals surface area contributed by atoms with Gasteiger partial charge in [0.25, 0.3) is 0 Å². The number of hydrogen-bond donors (Lipinski definition) is 0. The van der Waals surface area contributed by atoms with Gasteiger partial charge in [-0.05, 0) is 32.0 Å². The molecule has 7 nitrogen and oxygen atoms in total. The van der Waals surface area contributed by atoms with Gasteiger partial charge in [-0.1, -0.05) is 71.0 Å². The number of benzene rings is 3. The number of aryl methyl sites for hydroxylation is 2. The number of hydrogen-bond acceptors (Lipinski definition) is 7. The lowest BCUT2D eigenvalue weighted by Crippen LogP contribution is -2.13. The molecule has 0 N–H and O–H groups in total. The van der Waals surface area contributed by atoms with E-state index >= 15 is 0 Å². The number of Topliss-reactive ketones (excluding diaryl/α,β-unsaturated/α-hetero) is 1. The summed E-state index contributed by atoms with van der Waals surface area (Å²) in [5, 5.41) is 9.29. The van der Waals surface area contributed by atoms with Gasteiger partial charge in [-0.3, -0.25) is 4.79 Å². The molecule has 0 saturated carbocycles. The zero-order valence-electron chi connectivity index (χ0n) is 20.9. The molecule has 0 aliphatic rings. The van der Waals surface area contributed by atoms with Crippen LogP contribution >= 0.6 is 0 Å². The molecule has 0 spiro atoms. The van der Waals surface area contributed by atoms with E-state index in [1.165, 1.54) is 0 Å². The van der Waals surface area contributed by atoms with E-state index in [0.717, 1.165) is 39.3 Å². The number of carbonyl (C=O) groups excluding carboxylic acids is 1. The van der Waals surface area contributed by atoms with E-state index in [4.69, 9.17) is 18.2 Å². The Kier molecular flexibility index (Phi) is 6.09. The lowest BCUT2D eigenvalue weighted by Gasteiger charge is -2.06. The molecule has 3 aromatic carbocycles. The number of rotatable bonds is 8. The van der Waals surface area contributed by atoms with Crippen molar-refractivity contribution in [1.82, 2.24) is 10.3 Å². The lowest BCUT2D eigenvalue weighted by atomic mass is 10.0. The zero-order valence-corrected chi connectivity index (χ0v) is 20.9. The summed E-state index contributed by atoms with van der Waals surface area (Å²) in [5.41, 5.74) is 5.22. The Morgan fingerprint density at radius 3 is 2.18 bits per heavy atom. The Balaban J connectivity index is 1.19. The Bertz CT molecular complexity index is 1730. The van der Waals surface area contributed by atoms with Crippen LogP contribution in [0.2, 0.25) is 0 Å². The Morgan fingerprint density at radius 2 is 1.45 bits per heavy atom. The number of carbonyl (C=O) groups is 1. The van der Waals surface area contributed by atoms with Crippen LogP contribution in [0, 0.1) is 13.8 Å². The Hall–Kier alpha value is -4.91. The van der Waals surface area contributed by atoms with E-state index in [2.05, 4.69) is 10.3 Å². The van der Waals surface area contributed by atoms with Crippen molar-refractivity contribution < 1.29 is 23.0 Å². The first-order valence-electron chi connectivity index (χ1n) is 12.3. The van der Waals surface area contributed by atoms with Crippen molar-refractivity contribution in [1.29, 1.82) is 0 Å². The van der Waals surface area contributed by atoms with Gasteiger partial charge >= 0.3 is 0 Å². The molecule has 3 aromatic heterocycles. The minimum Gasteiger partial charge on any atom is -0.485 e. The van der Waals surface area contributed by atoms with Crippen LogP contribution in [0.25, 0.3) is 33.5 Å². The first-order valence-corrected chi connectivity index (χ1v) is 12.3. The van der Waals surface area contributed by atoms with Gasteiger partial charge in [-0.15, -0.1) is 0 Å². The van der Waals surface area contributed by atoms with Gasteiger partial charge in [-0.25, -0.2) is 0 Å². The predicted molar refractivity (Wildman–Crippen MR) is 142 cm³/mol. The van der Waals surface area contributed by atoms with Crippen LogP contribution in [0.3, 0.4) is 0 Å². The minimum absolute atomic E-state index is 0.152. The first-order chi connectivity index (χ1) is 18.6. The third-order valence-electron chi connectivity index (χ3n) is 6.48. The number of ketones is 1. The molecule has 6 aromatic rings. The molecule has 38 heavy (non-hydrogen) atoms. The quantitative estimate of drug-likeness (QED) is 0.202. The highest BCUT2D eigenvalue weighted by Crippen LogP contribution is 2.31. The van der Waals surface area contributed by atoms with Crippen molar-refractivity contribution in [3.05, 3.63) is 113 Å². The summed E-state index contributed by atoms with van der Waals surface area (Å²) in [6, 6.07) is 27.0. The van der Waals surface area contributed by atoms with E-state index in [-0.39, 0.29) is 12.4 Å². The van der Waals surface area contributed by atoms with Crippen LogP contribution in [0.1, 0.15) is 33.2 Å². The van der Waals surface area contributed by atoms with Gasteiger partial charge in [0.15, 0.2) is 6.61 Å². The van der Waals surface area contributed by atoms with Crippen molar-refractivity contribution in [2.24, 2.45) is 0 Å². The van der Waals surface area contributed by atoms with Crippen molar-refractivity contribution >= 4 is 16.8 Å². The van der Waals surface area contributed by atoms with E-state index in [1.54, 1.807) is 13.0 Å². The highest BCUT2D eigenvalue weighted by molar-refractivity contribution is 6.03. The molecule has 0 saturated heterocycles. The van der Waals surface area contributed by atoms with Gasteiger partial charge in [0.2, 0.25) is 5.78 Å². The monoisotopic (exact) mass is 504 g/mol. The minimum atomic E-state index is -0.209. The van der Waals surface area contributed by atoms with Gasteiger partial charge in [0.1, 0.15) is 40.0 Å². The van der Waals surface area contributed by atoms with Crippen LogP contribution in [-0.2, 0) is 6.42 Å². The summed E-state index contributed by atoms with van der Waals surface area (Å²) < 4.78 is 22.8. The maximum Gasteiger partial charge on any atom is 0.206 e. The van der Waals surface area contributed by atoms with Crippen molar-refractivity contribution in [3.8, 4) is 28.3 Å². The van der Waals surface area contributed by atoms with Crippen LogP contribution in [0.5, 0.6) is 5.75 Å². The average Bonchev–Trinajstić information content (AvgIpc) is 3.64. The van der Waals surface area contributed by atoms with Crippen molar-refractivity contribution in [2.75, 3.05) is 6.61 Å². The van der Waals surface area contributed by atoms with Crippen LogP contribution in [0.15, 0.2) is 98.4 Å². The van der Waals surface area contributed by atoms with Crippen LogP contribution < -0.4 is 4.74 Å². The predicted octanol–water partition coefficient (Wildman–Crippen LogP) is 7.21. The summed E-state index contributed by atoms with van der Waals surface area (Å²) in [7, 11) is 0. The molecule has 0 aliphatic heterocycles. The number of nitrogens with zero attached hydrogens (tertiary/aromatic N) is 2. The summed E-state index contributed by atoms with van der Waals surface area (Å²) in [6.45, 7) is 3.48. The molecule has 3 heterocycles. The lowest BCUT2D eigenvalue weighted by molar-refractivity contribution is 0.0920. The number of fused-ring (bicyclic) bond motifs is 1. The molecule has 6 rings (SSSR count). The van der Waals surface area contributed by atoms with E-state index < -0.39 is 0 Å². The fraction of sp³-hybridized carbons (Fsp3) is 0.129. The van der Waals surface area contributed by atoms with Gasteiger partial charge < -0.3 is 18.2 Å². The molecule has 0 bridgehead atoms.